The van der Waals surface area contributed by atoms with Gasteiger partial charge >= 0.3 is 6.18 Å². The molecule has 2 N–H and O–H groups in total. The van der Waals surface area contributed by atoms with E-state index in [2.05, 4.69) is 20.9 Å². The second-order valence-electron chi connectivity index (χ2n) is 3.78. The number of aliphatic hydroxyl groups excluding tert-OH is 1. The number of hydrogen-bond acceptors (Lipinski definition) is 1. The molecule has 0 fully saturated rings. The Balaban J connectivity index is 2.44. The molecule has 0 radical (unpaired) electrons. The molecule has 1 aromatic carbocycles. The van der Waals surface area contributed by atoms with Crippen molar-refractivity contribution >= 4 is 15.9 Å². The van der Waals surface area contributed by atoms with Crippen LogP contribution in [0.15, 0.2) is 41.1 Å². The molecule has 0 bridgehead atoms. The van der Waals surface area contributed by atoms with Gasteiger partial charge in [0.1, 0.15) is 6.10 Å². The number of nitrogens with one attached hydrogen (secondary N) is 1. The van der Waals surface area contributed by atoms with Crippen molar-refractivity contribution in [2.75, 3.05) is 0 Å². The van der Waals surface area contributed by atoms with Crippen LogP contribution in [0.3, 0.4) is 0 Å². The van der Waals surface area contributed by atoms with Gasteiger partial charge < -0.3 is 10.1 Å². The van der Waals surface area contributed by atoms with E-state index in [1.165, 1.54) is 12.3 Å². The third-order valence-corrected chi connectivity index (χ3v) is 3.28. The average Bonchev–Trinajstić information content (AvgIpc) is 2.80. The van der Waals surface area contributed by atoms with Crippen LogP contribution in [0.5, 0.6) is 0 Å². The van der Waals surface area contributed by atoms with Crippen molar-refractivity contribution in [2.45, 2.75) is 12.3 Å². The summed E-state index contributed by atoms with van der Waals surface area (Å²) in [5, 5.41) is 10.0. The number of benzene rings is 1. The normalized spacial score (nSPS) is 13.6. The molecule has 2 nitrogen and oxygen atoms in total. The van der Waals surface area contributed by atoms with Crippen molar-refractivity contribution in [2.24, 2.45) is 0 Å². The van der Waals surface area contributed by atoms with Crippen LogP contribution in [-0.4, -0.2) is 10.1 Å². The Morgan fingerprint density at radius 2 is 1.94 bits per heavy atom. The Labute approximate surface area is 110 Å². The fourth-order valence-electron chi connectivity index (χ4n) is 1.62. The predicted octanol–water partition coefficient (Wildman–Crippen LogP) is 3.88. The second kappa shape index (κ2) is 4.78. The van der Waals surface area contributed by atoms with Crippen molar-refractivity contribution in [3.8, 4) is 0 Å². The van der Waals surface area contributed by atoms with E-state index in [4.69, 9.17) is 0 Å². The molecule has 0 saturated carbocycles. The SMILES string of the molecule is OC(c1cc[nH]c1)c1cc(C(F)(F)F)ccc1Br. The van der Waals surface area contributed by atoms with Gasteiger partial charge in [0.2, 0.25) is 0 Å². The van der Waals surface area contributed by atoms with Gasteiger partial charge in [-0.2, -0.15) is 13.2 Å². The summed E-state index contributed by atoms with van der Waals surface area (Å²) >= 11 is 3.15. The number of aromatic nitrogens is 1. The lowest BCUT2D eigenvalue weighted by Crippen LogP contribution is -2.07. The fraction of sp³-hybridized carbons (Fsp3) is 0.167. The Morgan fingerprint density at radius 1 is 1.22 bits per heavy atom. The molecule has 0 aliphatic heterocycles. The highest BCUT2D eigenvalue weighted by Crippen LogP contribution is 2.35. The first-order valence-corrected chi connectivity index (χ1v) is 5.86. The van der Waals surface area contributed by atoms with E-state index in [1.807, 2.05) is 0 Å². The van der Waals surface area contributed by atoms with Gasteiger partial charge in [-0.1, -0.05) is 15.9 Å². The topological polar surface area (TPSA) is 36.0 Å². The standard InChI is InChI=1S/C12H9BrF3NO/c13-10-2-1-8(12(14,15)16)5-9(10)11(18)7-3-4-17-6-7/h1-6,11,17-18H. The average molecular weight is 320 g/mol. The zero-order chi connectivity index (χ0) is 13.3. The molecule has 1 unspecified atom stereocenters. The summed E-state index contributed by atoms with van der Waals surface area (Å²) in [6, 6.07) is 4.81. The minimum absolute atomic E-state index is 0.185. The lowest BCUT2D eigenvalue weighted by atomic mass is 10.0. The molecule has 18 heavy (non-hydrogen) atoms. The molecule has 0 spiro atoms. The van der Waals surface area contributed by atoms with E-state index < -0.39 is 17.8 Å². The van der Waals surface area contributed by atoms with Gasteiger partial charge in [-0.3, -0.25) is 0 Å². The summed E-state index contributed by atoms with van der Waals surface area (Å²) < 4.78 is 38.2. The van der Waals surface area contributed by atoms with Crippen LogP contribution in [0.4, 0.5) is 13.2 Å². The Morgan fingerprint density at radius 3 is 2.50 bits per heavy atom. The van der Waals surface area contributed by atoms with Crippen LogP contribution < -0.4 is 0 Å². The van der Waals surface area contributed by atoms with E-state index in [0.29, 0.717) is 10.0 Å². The molecule has 2 aromatic rings. The van der Waals surface area contributed by atoms with Gasteiger partial charge in [-0.15, -0.1) is 0 Å². The summed E-state index contributed by atoms with van der Waals surface area (Å²) in [6.07, 6.45) is -2.39. The smallest absolute Gasteiger partial charge is 0.384 e. The van der Waals surface area contributed by atoms with Gasteiger partial charge in [0.25, 0.3) is 0 Å². The van der Waals surface area contributed by atoms with E-state index in [-0.39, 0.29) is 5.56 Å². The monoisotopic (exact) mass is 319 g/mol. The number of rotatable bonds is 2. The van der Waals surface area contributed by atoms with E-state index in [1.54, 1.807) is 12.3 Å². The van der Waals surface area contributed by atoms with Gasteiger partial charge in [0.05, 0.1) is 5.56 Å². The van der Waals surface area contributed by atoms with Crippen molar-refractivity contribution in [3.63, 3.8) is 0 Å². The van der Waals surface area contributed by atoms with Crippen molar-refractivity contribution < 1.29 is 18.3 Å². The Bertz CT molecular complexity index is 537. The first-order valence-electron chi connectivity index (χ1n) is 5.07. The highest BCUT2D eigenvalue weighted by Gasteiger charge is 2.31. The second-order valence-corrected chi connectivity index (χ2v) is 4.64. The van der Waals surface area contributed by atoms with Crippen LogP contribution in [0.2, 0.25) is 0 Å². The highest BCUT2D eigenvalue weighted by atomic mass is 79.9. The molecule has 1 aromatic heterocycles. The van der Waals surface area contributed by atoms with Crippen molar-refractivity contribution in [1.82, 2.24) is 4.98 Å². The predicted molar refractivity (Wildman–Crippen MR) is 64.0 cm³/mol. The van der Waals surface area contributed by atoms with Gasteiger partial charge in [-0.05, 0) is 29.8 Å². The van der Waals surface area contributed by atoms with Crippen LogP contribution in [0.25, 0.3) is 0 Å². The third kappa shape index (κ3) is 2.59. The maximum Gasteiger partial charge on any atom is 0.416 e. The molecule has 1 atom stereocenters. The van der Waals surface area contributed by atoms with E-state index in [9.17, 15) is 18.3 Å². The highest BCUT2D eigenvalue weighted by molar-refractivity contribution is 9.10. The summed E-state index contributed by atoms with van der Waals surface area (Å²) in [5.41, 5.74) is -0.0882. The number of aromatic amines is 1. The molecule has 96 valence electrons. The molecule has 0 aliphatic rings. The summed E-state index contributed by atoms with van der Waals surface area (Å²) in [6.45, 7) is 0. The Kier molecular flexibility index (Phi) is 3.49. The number of hydrogen-bond donors (Lipinski definition) is 2. The minimum Gasteiger partial charge on any atom is -0.384 e. The molecular formula is C12H9BrF3NO. The van der Waals surface area contributed by atoms with Gasteiger partial charge in [0, 0.05) is 22.4 Å². The number of halogens is 4. The zero-order valence-electron chi connectivity index (χ0n) is 9.00. The lowest BCUT2D eigenvalue weighted by Gasteiger charge is -2.14. The summed E-state index contributed by atoms with van der Waals surface area (Å²) in [4.78, 5) is 2.75. The molecule has 2 rings (SSSR count). The molecular weight excluding hydrogens is 311 g/mol. The van der Waals surface area contributed by atoms with Crippen molar-refractivity contribution in [3.05, 3.63) is 57.8 Å². The van der Waals surface area contributed by atoms with Gasteiger partial charge in [-0.25, -0.2) is 0 Å². The molecule has 0 saturated heterocycles. The quantitative estimate of drug-likeness (QED) is 0.866. The Hall–Kier alpha value is -1.27. The maximum atomic E-state index is 12.6. The number of aliphatic hydroxyl groups is 1. The minimum atomic E-state index is -4.42. The van der Waals surface area contributed by atoms with Crippen LogP contribution in [0.1, 0.15) is 22.8 Å². The third-order valence-electron chi connectivity index (χ3n) is 2.56. The number of H-pyrrole nitrogens is 1. The maximum absolute atomic E-state index is 12.6. The first-order chi connectivity index (χ1) is 8.39. The van der Waals surface area contributed by atoms with E-state index >= 15 is 0 Å². The van der Waals surface area contributed by atoms with Crippen LogP contribution in [-0.2, 0) is 6.18 Å². The van der Waals surface area contributed by atoms with Crippen molar-refractivity contribution in [1.29, 1.82) is 0 Å². The number of alkyl halides is 3. The largest absolute Gasteiger partial charge is 0.416 e. The van der Waals surface area contributed by atoms with Crippen LogP contribution >= 0.6 is 15.9 Å². The molecule has 0 amide bonds. The molecule has 1 heterocycles. The lowest BCUT2D eigenvalue weighted by molar-refractivity contribution is -0.137. The fourth-order valence-corrected chi connectivity index (χ4v) is 2.08. The molecule has 0 aliphatic carbocycles. The van der Waals surface area contributed by atoms with Crippen LogP contribution in [0, 0.1) is 0 Å². The first kappa shape index (κ1) is 13.2. The van der Waals surface area contributed by atoms with E-state index in [0.717, 1.165) is 12.1 Å². The zero-order valence-corrected chi connectivity index (χ0v) is 10.6. The summed E-state index contributed by atoms with van der Waals surface area (Å²) in [5.74, 6) is 0. The molecule has 6 heteroatoms. The van der Waals surface area contributed by atoms with Gasteiger partial charge in [0.15, 0.2) is 0 Å². The summed E-state index contributed by atoms with van der Waals surface area (Å²) in [7, 11) is 0.